The Bertz CT molecular complexity index is 1760. The first-order valence-corrected chi connectivity index (χ1v) is 15.5. The number of nitrogens with zero attached hydrogens (tertiary/aromatic N) is 1. The third-order valence-electron chi connectivity index (χ3n) is 6.49. The highest BCUT2D eigenvalue weighted by Gasteiger charge is 2.31. The van der Waals surface area contributed by atoms with E-state index in [0.29, 0.717) is 43.7 Å². The summed E-state index contributed by atoms with van der Waals surface area (Å²) < 4.78 is 24.5. The lowest BCUT2D eigenvalue weighted by Gasteiger charge is -2.15. The number of anilines is 1. The van der Waals surface area contributed by atoms with Crippen LogP contribution in [0, 0.1) is 6.92 Å². The first-order chi connectivity index (χ1) is 20.3. The van der Waals surface area contributed by atoms with Crippen LogP contribution in [0.1, 0.15) is 39.1 Å². The third-order valence-corrected chi connectivity index (χ3v) is 9.19. The minimum atomic E-state index is -1.99. The van der Waals surface area contributed by atoms with Gasteiger partial charge in [-0.15, -0.1) is 11.3 Å². The van der Waals surface area contributed by atoms with Crippen molar-refractivity contribution in [1.29, 1.82) is 0 Å². The Morgan fingerprint density at radius 1 is 0.976 bits per heavy atom. The number of nitrogens with one attached hydrogen (secondary N) is 1. The molecule has 0 amide bonds. The highest BCUT2D eigenvalue weighted by atomic mass is 35.5. The molecule has 0 radical (unpaired) electrons. The molecule has 5 rings (SSSR count). The van der Waals surface area contributed by atoms with Crippen molar-refractivity contribution < 1.29 is 23.6 Å². The van der Waals surface area contributed by atoms with Crippen LogP contribution in [0.4, 0.5) is 5.69 Å². The summed E-state index contributed by atoms with van der Waals surface area (Å²) in [5.74, 6) is -1.69. The average Bonchev–Trinajstić information content (AvgIpc) is 3.56. The van der Waals surface area contributed by atoms with Crippen molar-refractivity contribution in [2.75, 3.05) is 11.3 Å². The number of thiophene rings is 1. The summed E-state index contributed by atoms with van der Waals surface area (Å²) >= 11 is 7.29. The van der Waals surface area contributed by atoms with E-state index in [1.807, 2.05) is 67.6 Å². The van der Waals surface area contributed by atoms with E-state index in [4.69, 9.17) is 16.3 Å². The Balaban J connectivity index is 1.71. The van der Waals surface area contributed by atoms with Crippen LogP contribution in [0.2, 0.25) is 5.02 Å². The molecule has 2 N–H and O–H groups in total. The van der Waals surface area contributed by atoms with Crippen molar-refractivity contribution in [3.8, 4) is 27.4 Å². The third kappa shape index (κ3) is 5.90. The molecule has 2 aromatic heterocycles. The first kappa shape index (κ1) is 29.3. The second-order valence-corrected chi connectivity index (χ2v) is 12.0. The number of rotatable bonds is 10. The van der Waals surface area contributed by atoms with E-state index in [1.54, 1.807) is 41.8 Å². The number of carboxylic acids is 1. The molecule has 0 aliphatic rings. The van der Waals surface area contributed by atoms with Gasteiger partial charge in [0.25, 0.3) is 0 Å². The van der Waals surface area contributed by atoms with Gasteiger partial charge in [0.1, 0.15) is 10.6 Å². The molecule has 42 heavy (non-hydrogen) atoms. The maximum atomic E-state index is 14.3. The van der Waals surface area contributed by atoms with Crippen molar-refractivity contribution in [3.05, 3.63) is 112 Å². The van der Waals surface area contributed by atoms with Gasteiger partial charge in [-0.3, -0.25) is 4.72 Å². The Hall–Kier alpha value is -4.18. The molecule has 0 spiro atoms. The summed E-state index contributed by atoms with van der Waals surface area (Å²) in [6.45, 7) is 3.85. The Morgan fingerprint density at radius 2 is 1.62 bits per heavy atom. The first-order valence-electron chi connectivity index (χ1n) is 13.1. The topological polar surface area (TPSA) is 97.6 Å². The summed E-state index contributed by atoms with van der Waals surface area (Å²) in [5.41, 5.74) is 3.58. The largest absolute Gasteiger partial charge is 0.477 e. The van der Waals surface area contributed by atoms with Gasteiger partial charge < -0.3 is 14.4 Å². The maximum Gasteiger partial charge on any atom is 0.355 e. The molecular weight excluding hydrogens is 592 g/mol. The predicted molar refractivity (Wildman–Crippen MR) is 168 cm³/mol. The van der Waals surface area contributed by atoms with Crippen molar-refractivity contribution in [2.45, 2.75) is 25.2 Å². The summed E-state index contributed by atoms with van der Waals surface area (Å²) in [6.07, 6.45) is 0.640. The molecule has 3 aromatic carbocycles. The number of aromatic nitrogens is 1. The highest BCUT2D eigenvalue weighted by Crippen LogP contribution is 2.40. The molecule has 214 valence electrons. The minimum Gasteiger partial charge on any atom is -0.477 e. The Kier molecular flexibility index (Phi) is 8.91. The zero-order chi connectivity index (χ0) is 29.8. The summed E-state index contributed by atoms with van der Waals surface area (Å²) in [4.78, 5) is 26.8. The van der Waals surface area contributed by atoms with Gasteiger partial charge in [0.2, 0.25) is 0 Å². The molecule has 0 aliphatic carbocycles. The van der Waals surface area contributed by atoms with E-state index in [9.17, 15) is 18.9 Å². The van der Waals surface area contributed by atoms with Crippen LogP contribution in [0.15, 0.2) is 95.9 Å². The quantitative estimate of drug-likeness (QED) is 0.154. The summed E-state index contributed by atoms with van der Waals surface area (Å²) in [6, 6.07) is 27.4. The van der Waals surface area contributed by atoms with Gasteiger partial charge in [0.05, 0.1) is 22.9 Å². The fraction of sp³-hybridized carbons (Fsp3) is 0.125. The summed E-state index contributed by atoms with van der Waals surface area (Å²) in [7, 11) is -1.99. The lowest BCUT2D eigenvalue weighted by atomic mass is 10.1. The zero-order valence-corrected chi connectivity index (χ0v) is 25.2. The zero-order valence-electron chi connectivity index (χ0n) is 22.8. The average molecular weight is 619 g/mol. The molecule has 0 saturated heterocycles. The lowest BCUT2D eigenvalue weighted by molar-refractivity contribution is 0.0494. The number of hydrogen-bond acceptors (Lipinski definition) is 5. The number of carbonyl (C=O) groups is 2. The molecule has 0 bridgehead atoms. The lowest BCUT2D eigenvalue weighted by Crippen LogP contribution is -2.13. The van der Waals surface area contributed by atoms with Crippen LogP contribution >= 0.6 is 22.9 Å². The van der Waals surface area contributed by atoms with Crippen LogP contribution in [-0.2, 0) is 15.7 Å². The monoisotopic (exact) mass is 618 g/mol. The van der Waals surface area contributed by atoms with E-state index in [0.717, 1.165) is 16.9 Å². The van der Waals surface area contributed by atoms with Gasteiger partial charge in [0.15, 0.2) is 11.0 Å². The Morgan fingerprint density at radius 3 is 2.24 bits per heavy atom. The highest BCUT2D eigenvalue weighted by molar-refractivity contribution is 7.86. The fourth-order valence-electron chi connectivity index (χ4n) is 4.63. The van der Waals surface area contributed by atoms with Gasteiger partial charge in [-0.1, -0.05) is 79.2 Å². The van der Waals surface area contributed by atoms with Crippen LogP contribution in [-0.4, -0.2) is 32.4 Å². The molecule has 5 aromatic rings. The fourth-order valence-corrected chi connectivity index (χ4v) is 7.00. The van der Waals surface area contributed by atoms with E-state index in [2.05, 4.69) is 4.72 Å². The van der Waals surface area contributed by atoms with Crippen molar-refractivity contribution in [3.63, 3.8) is 0 Å². The molecule has 0 aliphatic heterocycles. The van der Waals surface area contributed by atoms with Crippen LogP contribution < -0.4 is 4.72 Å². The normalized spacial score (nSPS) is 11.7. The van der Waals surface area contributed by atoms with Crippen molar-refractivity contribution >= 4 is 51.5 Å². The van der Waals surface area contributed by atoms with Crippen LogP contribution in [0.5, 0.6) is 0 Å². The number of carboxylic acid groups (broad SMARTS) is 1. The second-order valence-electron chi connectivity index (χ2n) is 9.36. The van der Waals surface area contributed by atoms with E-state index in [-0.39, 0.29) is 22.9 Å². The number of esters is 1. The molecule has 7 nitrogen and oxygen atoms in total. The molecule has 0 fully saturated rings. The smallest absolute Gasteiger partial charge is 0.355 e. The summed E-state index contributed by atoms with van der Waals surface area (Å²) in [5, 5.41) is 10.5. The number of aromatic carboxylic acids is 1. The van der Waals surface area contributed by atoms with Gasteiger partial charge in [-0.2, -0.15) is 0 Å². The van der Waals surface area contributed by atoms with Crippen LogP contribution in [0.3, 0.4) is 0 Å². The number of ether oxygens (including phenoxy) is 1. The minimum absolute atomic E-state index is 0.0259. The number of carbonyl (C=O) groups excluding carboxylic acids is 1. The van der Waals surface area contributed by atoms with Gasteiger partial charge >= 0.3 is 11.9 Å². The molecule has 2 heterocycles. The molecular formula is C32H27ClN2O5S2. The van der Waals surface area contributed by atoms with Crippen molar-refractivity contribution in [1.82, 2.24) is 4.57 Å². The molecule has 1 unspecified atom stereocenters. The molecule has 10 heteroatoms. The van der Waals surface area contributed by atoms with Gasteiger partial charge in [-0.25, -0.2) is 13.8 Å². The van der Waals surface area contributed by atoms with Crippen LogP contribution in [0.25, 0.3) is 27.4 Å². The Labute approximate surface area is 255 Å². The second kappa shape index (κ2) is 12.8. The van der Waals surface area contributed by atoms with Gasteiger partial charge in [-0.05, 0) is 54.8 Å². The maximum absolute atomic E-state index is 14.3. The SMILES string of the molecule is CCCOC(=O)c1c(C)c(S(=O)Nc2cc(-c3ccccc3)sc2C(=O)O)c(-c2ccc(Cl)cc2)n1-c1ccccc1. The predicted octanol–water partition coefficient (Wildman–Crippen LogP) is 8.23. The number of halogens is 1. The number of para-hydroxylation sites is 1. The molecule has 1 atom stereocenters. The molecule has 0 saturated carbocycles. The number of hydrogen-bond donors (Lipinski definition) is 2. The van der Waals surface area contributed by atoms with E-state index < -0.39 is 22.9 Å². The number of benzene rings is 3. The van der Waals surface area contributed by atoms with E-state index >= 15 is 0 Å². The standard InChI is InChI=1S/C32H27ClN2O5S2/c1-3-18-40-32(38)27-20(2)30(28(22-14-16-23(33)17-15-22)35(27)24-12-8-5-9-13-24)42(39)34-25-19-26(41-29(25)31(36)37)21-10-6-4-7-11-21/h4-17,19,34H,3,18H2,1-2H3,(H,36,37). The van der Waals surface area contributed by atoms with E-state index in [1.165, 1.54) is 0 Å². The van der Waals surface area contributed by atoms with Gasteiger partial charge in [0, 0.05) is 21.2 Å². The van der Waals surface area contributed by atoms with Crippen molar-refractivity contribution in [2.24, 2.45) is 0 Å².